The van der Waals surface area contributed by atoms with Crippen LogP contribution in [0.4, 0.5) is 4.39 Å². The summed E-state index contributed by atoms with van der Waals surface area (Å²) in [5, 5.41) is 0.804. The normalized spacial score (nSPS) is 11.0. The molecule has 2 aromatic heterocycles. The minimum Gasteiger partial charge on any atom is -0.441 e. The summed E-state index contributed by atoms with van der Waals surface area (Å²) in [6.07, 6.45) is 1.53. The van der Waals surface area contributed by atoms with E-state index in [1.165, 1.54) is 30.5 Å². The highest BCUT2D eigenvalue weighted by Crippen LogP contribution is 2.23. The van der Waals surface area contributed by atoms with Crippen molar-refractivity contribution < 1.29 is 13.6 Å². The molecular weight excluding hydrogens is 257 g/mol. The van der Waals surface area contributed by atoms with E-state index < -0.39 is 0 Å². The molecule has 0 saturated heterocycles. The second-order valence-corrected chi connectivity index (χ2v) is 4.20. The van der Waals surface area contributed by atoms with Gasteiger partial charge in [-0.25, -0.2) is 4.39 Å². The summed E-state index contributed by atoms with van der Waals surface area (Å²) in [7, 11) is 0. The number of ketones is 1. The molecule has 3 rings (SSSR count). The van der Waals surface area contributed by atoms with E-state index in [1.807, 2.05) is 0 Å². The van der Waals surface area contributed by atoms with Gasteiger partial charge in [-0.15, -0.1) is 0 Å². The minimum absolute atomic E-state index is 0.157. The van der Waals surface area contributed by atoms with Gasteiger partial charge < -0.3 is 9.40 Å². The number of benzene rings is 1. The lowest BCUT2D eigenvalue weighted by molar-refractivity contribution is 0.101. The highest BCUT2D eigenvalue weighted by Gasteiger charge is 2.17. The van der Waals surface area contributed by atoms with Crippen LogP contribution in [0.3, 0.4) is 0 Å². The SMILES string of the molecule is O=C(c1ccc(Cl)o1)c1c[nH]c2cc(F)ccc12. The summed E-state index contributed by atoms with van der Waals surface area (Å²) >= 11 is 5.63. The zero-order valence-corrected chi connectivity index (χ0v) is 9.79. The molecule has 0 bridgehead atoms. The maximum absolute atomic E-state index is 13.0. The fraction of sp³-hybridized carbons (Fsp3) is 0. The average molecular weight is 264 g/mol. The Bertz CT molecular complexity index is 744. The number of aromatic nitrogens is 1. The largest absolute Gasteiger partial charge is 0.441 e. The van der Waals surface area contributed by atoms with Gasteiger partial charge in [0.25, 0.3) is 0 Å². The summed E-state index contributed by atoms with van der Waals surface area (Å²) in [6.45, 7) is 0. The topological polar surface area (TPSA) is 46.0 Å². The van der Waals surface area contributed by atoms with E-state index in [0.717, 1.165) is 0 Å². The second-order valence-electron chi connectivity index (χ2n) is 3.83. The molecule has 0 aliphatic rings. The number of fused-ring (bicyclic) bond motifs is 1. The highest BCUT2D eigenvalue weighted by atomic mass is 35.5. The molecule has 1 N–H and O–H groups in total. The van der Waals surface area contributed by atoms with Gasteiger partial charge in [-0.05, 0) is 41.9 Å². The smallest absolute Gasteiger partial charge is 0.230 e. The van der Waals surface area contributed by atoms with Crippen LogP contribution in [0.25, 0.3) is 10.9 Å². The molecule has 0 amide bonds. The third-order valence-electron chi connectivity index (χ3n) is 2.69. The van der Waals surface area contributed by atoms with Gasteiger partial charge in [0.05, 0.1) is 5.56 Å². The van der Waals surface area contributed by atoms with Gasteiger partial charge >= 0.3 is 0 Å². The van der Waals surface area contributed by atoms with Crippen molar-refractivity contribution in [2.24, 2.45) is 0 Å². The van der Waals surface area contributed by atoms with Crippen LogP contribution in [0.2, 0.25) is 5.22 Å². The molecule has 90 valence electrons. The summed E-state index contributed by atoms with van der Waals surface area (Å²) in [6, 6.07) is 7.21. The van der Waals surface area contributed by atoms with Gasteiger partial charge in [0.15, 0.2) is 11.0 Å². The third-order valence-corrected chi connectivity index (χ3v) is 2.89. The summed E-state index contributed by atoms with van der Waals surface area (Å²) in [5.74, 6) is -0.491. The molecule has 0 radical (unpaired) electrons. The zero-order valence-electron chi connectivity index (χ0n) is 9.04. The predicted octanol–water partition coefficient (Wildman–Crippen LogP) is 3.78. The van der Waals surface area contributed by atoms with Gasteiger partial charge in [-0.3, -0.25) is 4.79 Å². The van der Waals surface area contributed by atoms with E-state index in [9.17, 15) is 9.18 Å². The van der Waals surface area contributed by atoms with E-state index in [1.54, 1.807) is 6.07 Å². The van der Waals surface area contributed by atoms with E-state index in [-0.39, 0.29) is 22.6 Å². The number of aromatic amines is 1. The van der Waals surface area contributed by atoms with Crippen LogP contribution in [0, 0.1) is 5.82 Å². The van der Waals surface area contributed by atoms with Crippen LogP contribution in [0.15, 0.2) is 40.9 Å². The van der Waals surface area contributed by atoms with Gasteiger partial charge in [-0.2, -0.15) is 0 Å². The van der Waals surface area contributed by atoms with Crippen molar-refractivity contribution in [3.63, 3.8) is 0 Å². The van der Waals surface area contributed by atoms with Crippen molar-refractivity contribution in [1.29, 1.82) is 0 Å². The lowest BCUT2D eigenvalue weighted by atomic mass is 10.1. The fourth-order valence-electron chi connectivity index (χ4n) is 1.86. The Hall–Kier alpha value is -2.07. The van der Waals surface area contributed by atoms with E-state index >= 15 is 0 Å². The average Bonchev–Trinajstić information content (AvgIpc) is 2.94. The van der Waals surface area contributed by atoms with Crippen LogP contribution >= 0.6 is 11.6 Å². The Morgan fingerprint density at radius 1 is 1.28 bits per heavy atom. The Morgan fingerprint density at radius 3 is 2.83 bits per heavy atom. The number of rotatable bonds is 2. The monoisotopic (exact) mass is 263 g/mol. The number of hydrogen-bond donors (Lipinski definition) is 1. The number of halogens is 2. The first kappa shape index (κ1) is 11.0. The Morgan fingerprint density at radius 2 is 2.11 bits per heavy atom. The molecule has 5 heteroatoms. The van der Waals surface area contributed by atoms with E-state index in [2.05, 4.69) is 4.98 Å². The van der Waals surface area contributed by atoms with E-state index in [0.29, 0.717) is 16.5 Å². The van der Waals surface area contributed by atoms with Crippen LogP contribution in [0.5, 0.6) is 0 Å². The van der Waals surface area contributed by atoms with Crippen LogP contribution in [-0.4, -0.2) is 10.8 Å². The summed E-state index contributed by atoms with van der Waals surface area (Å²) < 4.78 is 18.1. The Labute approximate surface area is 106 Å². The maximum atomic E-state index is 13.0. The van der Waals surface area contributed by atoms with Crippen molar-refractivity contribution >= 4 is 28.3 Å². The fourth-order valence-corrected chi connectivity index (χ4v) is 2.00. The van der Waals surface area contributed by atoms with Crippen molar-refractivity contribution in [1.82, 2.24) is 4.98 Å². The third kappa shape index (κ3) is 1.71. The number of furan rings is 1. The molecule has 1 aromatic carbocycles. The van der Waals surface area contributed by atoms with Gasteiger partial charge in [0, 0.05) is 17.1 Å². The molecule has 0 unspecified atom stereocenters. The van der Waals surface area contributed by atoms with Crippen LogP contribution < -0.4 is 0 Å². The number of nitrogens with one attached hydrogen (secondary N) is 1. The minimum atomic E-state index is -0.357. The quantitative estimate of drug-likeness (QED) is 0.715. The molecule has 0 fully saturated rings. The first-order valence-electron chi connectivity index (χ1n) is 5.22. The molecule has 0 aliphatic heterocycles. The number of H-pyrrole nitrogens is 1. The van der Waals surface area contributed by atoms with Gasteiger partial charge in [0.1, 0.15) is 5.82 Å². The molecule has 3 aromatic rings. The standard InChI is InChI=1S/C13H7ClFNO2/c14-12-4-3-11(18-12)13(17)9-6-16-10-5-7(15)1-2-8(9)10/h1-6,16H. The number of carbonyl (C=O) groups excluding carboxylic acids is 1. The van der Waals surface area contributed by atoms with Gasteiger partial charge in [-0.1, -0.05) is 0 Å². The Balaban J connectivity index is 2.12. The first-order valence-corrected chi connectivity index (χ1v) is 5.59. The summed E-state index contributed by atoms with van der Waals surface area (Å²) in [4.78, 5) is 15.0. The van der Waals surface area contributed by atoms with E-state index in [4.69, 9.17) is 16.0 Å². The molecule has 3 nitrogen and oxygen atoms in total. The van der Waals surface area contributed by atoms with Crippen molar-refractivity contribution in [3.05, 3.63) is 58.9 Å². The highest BCUT2D eigenvalue weighted by molar-refractivity contribution is 6.29. The van der Waals surface area contributed by atoms with Crippen molar-refractivity contribution in [3.8, 4) is 0 Å². The first-order chi connectivity index (χ1) is 8.65. The zero-order chi connectivity index (χ0) is 12.7. The molecule has 0 atom stereocenters. The Kier molecular flexibility index (Phi) is 2.45. The lowest BCUT2D eigenvalue weighted by Gasteiger charge is -1.95. The number of carbonyl (C=O) groups is 1. The maximum Gasteiger partial charge on any atom is 0.230 e. The molecule has 0 saturated carbocycles. The van der Waals surface area contributed by atoms with Crippen LogP contribution in [0.1, 0.15) is 16.1 Å². The summed E-state index contributed by atoms with van der Waals surface area (Å²) in [5.41, 5.74) is 0.993. The van der Waals surface area contributed by atoms with Crippen molar-refractivity contribution in [2.45, 2.75) is 0 Å². The molecule has 18 heavy (non-hydrogen) atoms. The van der Waals surface area contributed by atoms with Gasteiger partial charge in [0.2, 0.25) is 5.78 Å². The molecule has 2 heterocycles. The predicted molar refractivity (Wildman–Crippen MR) is 65.4 cm³/mol. The molecule has 0 aliphatic carbocycles. The lowest BCUT2D eigenvalue weighted by Crippen LogP contribution is -1.97. The molecular formula is C13H7ClFNO2. The van der Waals surface area contributed by atoms with Crippen LogP contribution in [-0.2, 0) is 0 Å². The molecule has 0 spiro atoms. The second kappa shape index (κ2) is 3.99. The van der Waals surface area contributed by atoms with Crippen molar-refractivity contribution in [2.75, 3.05) is 0 Å². The number of hydrogen-bond acceptors (Lipinski definition) is 2.